The van der Waals surface area contributed by atoms with Crippen molar-refractivity contribution in [3.8, 4) is 0 Å². The predicted octanol–water partition coefficient (Wildman–Crippen LogP) is 1.67. The second-order valence-corrected chi connectivity index (χ2v) is 4.16. The average molecular weight is 260 g/mol. The van der Waals surface area contributed by atoms with E-state index >= 15 is 0 Å². The third kappa shape index (κ3) is 3.48. The molecule has 0 fully saturated rings. The molecule has 6 heteroatoms. The van der Waals surface area contributed by atoms with Crippen LogP contribution in [-0.2, 0) is 6.54 Å². The van der Waals surface area contributed by atoms with Crippen LogP contribution in [0.1, 0.15) is 16.8 Å². The second-order valence-electron chi connectivity index (χ2n) is 4.16. The number of nitrogens with two attached hydrogens (primary N) is 1. The van der Waals surface area contributed by atoms with Gasteiger partial charge >= 0.3 is 5.97 Å². The summed E-state index contributed by atoms with van der Waals surface area (Å²) in [5.74, 6) is -0.959. The van der Waals surface area contributed by atoms with Gasteiger partial charge in [0.05, 0.1) is 16.9 Å². The zero-order chi connectivity index (χ0) is 13.7. The van der Waals surface area contributed by atoms with Crippen LogP contribution in [-0.4, -0.2) is 27.4 Å². The van der Waals surface area contributed by atoms with Gasteiger partial charge in [0.2, 0.25) is 0 Å². The summed E-state index contributed by atoms with van der Waals surface area (Å²) in [5, 5.41) is 16.2. The van der Waals surface area contributed by atoms with Gasteiger partial charge in [-0.25, -0.2) is 4.79 Å². The first kappa shape index (κ1) is 12.9. The Bertz CT molecular complexity index is 552. The molecule has 0 aliphatic rings. The van der Waals surface area contributed by atoms with Crippen LogP contribution in [0.15, 0.2) is 36.7 Å². The zero-order valence-electron chi connectivity index (χ0n) is 10.4. The Hall–Kier alpha value is -2.50. The largest absolute Gasteiger partial charge is 0.478 e. The van der Waals surface area contributed by atoms with E-state index in [-0.39, 0.29) is 5.56 Å². The summed E-state index contributed by atoms with van der Waals surface area (Å²) in [6.07, 6.45) is 4.51. The lowest BCUT2D eigenvalue weighted by Gasteiger charge is -2.10. The molecule has 19 heavy (non-hydrogen) atoms. The van der Waals surface area contributed by atoms with Gasteiger partial charge in [0.25, 0.3) is 0 Å². The van der Waals surface area contributed by atoms with E-state index in [1.165, 1.54) is 6.07 Å². The number of carbonyl (C=O) groups is 1. The van der Waals surface area contributed by atoms with Gasteiger partial charge in [0.1, 0.15) is 0 Å². The van der Waals surface area contributed by atoms with E-state index in [9.17, 15) is 4.79 Å². The smallest absolute Gasteiger partial charge is 0.335 e. The highest BCUT2D eigenvalue weighted by Crippen LogP contribution is 2.19. The standard InChI is InChI=1S/C13H16N4O2/c14-11-4-3-10(13(18)19)9-12(11)15-5-1-7-17-8-2-6-16-17/h2-4,6,8-9,15H,1,5,7,14H2,(H,18,19). The van der Waals surface area contributed by atoms with Crippen LogP contribution < -0.4 is 11.1 Å². The number of benzene rings is 1. The molecule has 0 spiro atoms. The fraction of sp³-hybridized carbons (Fsp3) is 0.231. The number of anilines is 2. The minimum absolute atomic E-state index is 0.226. The van der Waals surface area contributed by atoms with E-state index < -0.39 is 5.97 Å². The summed E-state index contributed by atoms with van der Waals surface area (Å²) in [4.78, 5) is 10.9. The fourth-order valence-corrected chi connectivity index (χ4v) is 1.74. The Morgan fingerprint density at radius 3 is 3.00 bits per heavy atom. The van der Waals surface area contributed by atoms with Gasteiger partial charge in [-0.3, -0.25) is 4.68 Å². The topological polar surface area (TPSA) is 93.2 Å². The van der Waals surface area contributed by atoms with Crippen molar-refractivity contribution in [3.05, 3.63) is 42.2 Å². The zero-order valence-corrected chi connectivity index (χ0v) is 10.4. The quantitative estimate of drug-likeness (QED) is 0.542. The molecule has 0 atom stereocenters. The Morgan fingerprint density at radius 1 is 1.47 bits per heavy atom. The molecule has 6 nitrogen and oxygen atoms in total. The molecular formula is C13H16N4O2. The van der Waals surface area contributed by atoms with Crippen molar-refractivity contribution in [2.45, 2.75) is 13.0 Å². The summed E-state index contributed by atoms with van der Waals surface area (Å²) in [5.41, 5.74) is 7.22. The Morgan fingerprint density at radius 2 is 2.32 bits per heavy atom. The number of hydrogen-bond donors (Lipinski definition) is 3. The van der Waals surface area contributed by atoms with Crippen molar-refractivity contribution < 1.29 is 9.90 Å². The first-order chi connectivity index (χ1) is 9.16. The number of nitrogens with zero attached hydrogens (tertiary/aromatic N) is 2. The number of aryl methyl sites for hydroxylation is 1. The van der Waals surface area contributed by atoms with Crippen molar-refractivity contribution in [2.75, 3.05) is 17.6 Å². The van der Waals surface area contributed by atoms with E-state index in [1.807, 2.05) is 16.9 Å². The Balaban J connectivity index is 1.88. The molecule has 0 radical (unpaired) electrons. The highest BCUT2D eigenvalue weighted by Gasteiger charge is 2.06. The average Bonchev–Trinajstić information content (AvgIpc) is 2.89. The molecule has 0 saturated carbocycles. The number of nitrogen functional groups attached to an aromatic ring is 1. The van der Waals surface area contributed by atoms with Gasteiger partial charge in [-0.15, -0.1) is 0 Å². The molecule has 2 rings (SSSR count). The van der Waals surface area contributed by atoms with Crippen molar-refractivity contribution in [3.63, 3.8) is 0 Å². The van der Waals surface area contributed by atoms with Crippen molar-refractivity contribution in [1.29, 1.82) is 0 Å². The third-order valence-electron chi connectivity index (χ3n) is 2.74. The highest BCUT2D eigenvalue weighted by molar-refractivity contribution is 5.90. The minimum Gasteiger partial charge on any atom is -0.478 e. The molecule has 100 valence electrons. The molecule has 0 amide bonds. The number of nitrogens with one attached hydrogen (secondary N) is 1. The summed E-state index contributed by atoms with van der Waals surface area (Å²) in [6, 6.07) is 6.51. The van der Waals surface area contributed by atoms with Crippen molar-refractivity contribution >= 4 is 17.3 Å². The number of aromatic carboxylic acids is 1. The maximum Gasteiger partial charge on any atom is 0.335 e. The Labute approximate surface area is 110 Å². The van der Waals surface area contributed by atoms with Crippen LogP contribution in [0, 0.1) is 0 Å². The number of carboxylic acid groups (broad SMARTS) is 1. The van der Waals surface area contributed by atoms with Gasteiger partial charge in [0, 0.05) is 25.5 Å². The predicted molar refractivity (Wildman–Crippen MR) is 73.1 cm³/mol. The molecule has 1 aromatic carbocycles. The van der Waals surface area contributed by atoms with Crippen molar-refractivity contribution in [1.82, 2.24) is 9.78 Å². The lowest BCUT2D eigenvalue weighted by molar-refractivity contribution is 0.0697. The Kier molecular flexibility index (Phi) is 4.02. The summed E-state index contributed by atoms with van der Waals surface area (Å²) < 4.78 is 1.85. The SMILES string of the molecule is Nc1ccc(C(=O)O)cc1NCCCn1cccn1. The second kappa shape index (κ2) is 5.90. The van der Waals surface area contributed by atoms with Crippen LogP contribution in [0.25, 0.3) is 0 Å². The van der Waals surface area contributed by atoms with Crippen LogP contribution >= 0.6 is 0 Å². The molecule has 0 aliphatic carbocycles. The van der Waals surface area contributed by atoms with E-state index in [4.69, 9.17) is 10.8 Å². The maximum absolute atomic E-state index is 10.9. The molecule has 0 bridgehead atoms. The van der Waals surface area contributed by atoms with Crippen LogP contribution in [0.3, 0.4) is 0 Å². The van der Waals surface area contributed by atoms with Gasteiger partial charge < -0.3 is 16.2 Å². The van der Waals surface area contributed by atoms with Crippen LogP contribution in [0.4, 0.5) is 11.4 Å². The van der Waals surface area contributed by atoms with Gasteiger partial charge in [-0.2, -0.15) is 5.10 Å². The molecule has 4 N–H and O–H groups in total. The summed E-state index contributed by atoms with van der Waals surface area (Å²) in [6.45, 7) is 1.51. The fourth-order valence-electron chi connectivity index (χ4n) is 1.74. The van der Waals surface area contributed by atoms with Gasteiger partial charge in [-0.05, 0) is 30.7 Å². The molecule has 1 aromatic heterocycles. The normalized spacial score (nSPS) is 10.3. The molecule has 2 aromatic rings. The van der Waals surface area contributed by atoms with Gasteiger partial charge in [-0.1, -0.05) is 0 Å². The minimum atomic E-state index is -0.959. The van der Waals surface area contributed by atoms with E-state index in [0.717, 1.165) is 13.0 Å². The summed E-state index contributed by atoms with van der Waals surface area (Å²) in [7, 11) is 0. The van der Waals surface area contributed by atoms with Crippen LogP contribution in [0.5, 0.6) is 0 Å². The number of rotatable bonds is 6. The first-order valence-electron chi connectivity index (χ1n) is 6.01. The van der Waals surface area contributed by atoms with Gasteiger partial charge in [0.15, 0.2) is 0 Å². The van der Waals surface area contributed by atoms with Crippen LogP contribution in [0.2, 0.25) is 0 Å². The van der Waals surface area contributed by atoms with E-state index in [2.05, 4.69) is 10.4 Å². The molecular weight excluding hydrogens is 244 g/mol. The first-order valence-corrected chi connectivity index (χ1v) is 6.01. The third-order valence-corrected chi connectivity index (χ3v) is 2.74. The van der Waals surface area contributed by atoms with E-state index in [0.29, 0.717) is 17.9 Å². The maximum atomic E-state index is 10.9. The highest BCUT2D eigenvalue weighted by atomic mass is 16.4. The number of aromatic nitrogens is 2. The lowest BCUT2D eigenvalue weighted by Crippen LogP contribution is -2.09. The van der Waals surface area contributed by atoms with E-state index in [1.54, 1.807) is 18.3 Å². The molecule has 0 saturated heterocycles. The number of hydrogen-bond acceptors (Lipinski definition) is 4. The van der Waals surface area contributed by atoms with Crippen molar-refractivity contribution in [2.24, 2.45) is 0 Å². The molecule has 0 unspecified atom stereocenters. The monoisotopic (exact) mass is 260 g/mol. The lowest BCUT2D eigenvalue weighted by atomic mass is 10.1. The number of carboxylic acids is 1. The molecule has 1 heterocycles. The molecule has 0 aliphatic heterocycles. The summed E-state index contributed by atoms with van der Waals surface area (Å²) >= 11 is 0.